The van der Waals surface area contributed by atoms with Crippen molar-refractivity contribution in [3.05, 3.63) is 35.4 Å². The SMILES string of the molecule is CC(C)CC(c1ccc(C2(N)CC2)cc1)N1CCN(C(=O)OC(C)(C)C)CC1. The highest BCUT2D eigenvalue weighted by molar-refractivity contribution is 5.68. The summed E-state index contributed by atoms with van der Waals surface area (Å²) < 4.78 is 5.53. The lowest BCUT2D eigenvalue weighted by Gasteiger charge is -2.40. The Bertz CT molecular complexity index is 666. The van der Waals surface area contributed by atoms with Gasteiger partial charge in [-0.25, -0.2) is 4.79 Å². The van der Waals surface area contributed by atoms with Gasteiger partial charge in [0.15, 0.2) is 0 Å². The summed E-state index contributed by atoms with van der Waals surface area (Å²) >= 11 is 0. The Morgan fingerprint density at radius 2 is 1.68 bits per heavy atom. The van der Waals surface area contributed by atoms with E-state index in [1.54, 1.807) is 0 Å². The van der Waals surface area contributed by atoms with Crippen LogP contribution >= 0.6 is 0 Å². The third-order valence-corrected chi connectivity index (χ3v) is 5.76. The fourth-order valence-corrected chi connectivity index (χ4v) is 3.95. The van der Waals surface area contributed by atoms with Gasteiger partial charge in [-0.1, -0.05) is 38.1 Å². The summed E-state index contributed by atoms with van der Waals surface area (Å²) in [6, 6.07) is 9.33. The number of benzene rings is 1. The zero-order valence-corrected chi connectivity index (χ0v) is 18.2. The molecule has 1 saturated carbocycles. The number of amides is 1. The molecule has 2 aliphatic rings. The molecule has 0 aromatic heterocycles. The van der Waals surface area contributed by atoms with Crippen LogP contribution < -0.4 is 5.73 Å². The van der Waals surface area contributed by atoms with Crippen LogP contribution in [0.1, 0.15) is 71.0 Å². The van der Waals surface area contributed by atoms with E-state index in [1.807, 2.05) is 25.7 Å². The summed E-state index contributed by atoms with van der Waals surface area (Å²) in [4.78, 5) is 16.7. The van der Waals surface area contributed by atoms with E-state index in [9.17, 15) is 4.79 Å². The molecule has 1 aromatic rings. The zero-order chi connectivity index (χ0) is 20.5. The second-order valence-electron chi connectivity index (χ2n) is 9.93. The molecule has 5 nitrogen and oxygen atoms in total. The van der Waals surface area contributed by atoms with Crippen molar-refractivity contribution in [2.45, 2.75) is 71.1 Å². The van der Waals surface area contributed by atoms with Gasteiger partial charge in [0.25, 0.3) is 0 Å². The Labute approximate surface area is 170 Å². The van der Waals surface area contributed by atoms with E-state index in [1.165, 1.54) is 11.1 Å². The molecule has 5 heteroatoms. The molecule has 0 bridgehead atoms. The summed E-state index contributed by atoms with van der Waals surface area (Å²) in [5.41, 5.74) is 8.43. The van der Waals surface area contributed by atoms with Gasteiger partial charge in [-0.2, -0.15) is 0 Å². The summed E-state index contributed by atoms with van der Waals surface area (Å²) in [5, 5.41) is 0. The number of nitrogens with two attached hydrogens (primary N) is 1. The largest absolute Gasteiger partial charge is 0.444 e. The van der Waals surface area contributed by atoms with E-state index in [0.29, 0.717) is 25.0 Å². The summed E-state index contributed by atoms with van der Waals surface area (Å²) in [5.74, 6) is 0.609. The normalized spacial score (nSPS) is 20.9. The van der Waals surface area contributed by atoms with Gasteiger partial charge in [-0.15, -0.1) is 0 Å². The van der Waals surface area contributed by atoms with E-state index in [4.69, 9.17) is 10.5 Å². The molecule has 1 unspecified atom stereocenters. The van der Waals surface area contributed by atoms with Gasteiger partial charge in [-0.05, 0) is 57.1 Å². The molecule has 1 atom stereocenters. The first-order valence-corrected chi connectivity index (χ1v) is 10.7. The second kappa shape index (κ2) is 8.03. The van der Waals surface area contributed by atoms with Gasteiger partial charge in [0.05, 0.1) is 0 Å². The fraction of sp³-hybridized carbons (Fsp3) is 0.696. The molecular formula is C23H37N3O2. The Morgan fingerprint density at radius 1 is 1.11 bits per heavy atom. The molecule has 1 heterocycles. The predicted molar refractivity (Wildman–Crippen MR) is 113 cm³/mol. The van der Waals surface area contributed by atoms with Crippen LogP contribution in [0.15, 0.2) is 24.3 Å². The van der Waals surface area contributed by atoms with Gasteiger partial charge in [0.1, 0.15) is 5.60 Å². The van der Waals surface area contributed by atoms with E-state index in [0.717, 1.165) is 32.4 Å². The van der Waals surface area contributed by atoms with Crippen LogP contribution in [0.5, 0.6) is 0 Å². The number of carbonyl (C=O) groups is 1. The van der Waals surface area contributed by atoms with Crippen molar-refractivity contribution in [1.29, 1.82) is 0 Å². The molecule has 2 fully saturated rings. The summed E-state index contributed by atoms with van der Waals surface area (Å²) in [7, 11) is 0. The van der Waals surface area contributed by atoms with Crippen LogP contribution in [0.4, 0.5) is 4.79 Å². The highest BCUT2D eigenvalue weighted by atomic mass is 16.6. The van der Waals surface area contributed by atoms with Crippen LogP contribution in [-0.2, 0) is 10.3 Å². The van der Waals surface area contributed by atoms with Crippen LogP contribution in [0.2, 0.25) is 0 Å². The van der Waals surface area contributed by atoms with Crippen molar-refractivity contribution < 1.29 is 9.53 Å². The lowest BCUT2D eigenvalue weighted by atomic mass is 9.93. The Balaban J connectivity index is 1.65. The van der Waals surface area contributed by atoms with E-state index < -0.39 is 5.60 Å². The van der Waals surface area contributed by atoms with Crippen molar-refractivity contribution in [3.8, 4) is 0 Å². The van der Waals surface area contributed by atoms with Crippen molar-refractivity contribution in [2.75, 3.05) is 26.2 Å². The maximum atomic E-state index is 12.3. The quantitative estimate of drug-likeness (QED) is 0.819. The lowest BCUT2D eigenvalue weighted by molar-refractivity contribution is 0.00905. The molecule has 1 aromatic carbocycles. The smallest absolute Gasteiger partial charge is 0.410 e. The third-order valence-electron chi connectivity index (χ3n) is 5.76. The Hall–Kier alpha value is -1.59. The predicted octanol–water partition coefficient (Wildman–Crippen LogP) is 4.27. The number of hydrogen-bond acceptors (Lipinski definition) is 4. The van der Waals surface area contributed by atoms with Gasteiger partial charge in [-0.3, -0.25) is 4.90 Å². The molecule has 0 spiro atoms. The van der Waals surface area contributed by atoms with Crippen molar-refractivity contribution in [3.63, 3.8) is 0 Å². The number of nitrogens with zero attached hydrogens (tertiary/aromatic N) is 2. The van der Waals surface area contributed by atoms with Gasteiger partial charge >= 0.3 is 6.09 Å². The minimum absolute atomic E-state index is 0.0783. The Morgan fingerprint density at radius 3 is 2.14 bits per heavy atom. The molecule has 3 rings (SSSR count). The molecular weight excluding hydrogens is 350 g/mol. The van der Waals surface area contributed by atoms with Crippen molar-refractivity contribution in [1.82, 2.24) is 9.80 Å². The molecule has 1 saturated heterocycles. The maximum Gasteiger partial charge on any atom is 0.410 e. The number of rotatable bonds is 5. The van der Waals surface area contributed by atoms with Crippen molar-refractivity contribution in [2.24, 2.45) is 11.7 Å². The molecule has 1 amide bonds. The standard InChI is InChI=1S/C23H37N3O2/c1-17(2)16-20(18-6-8-19(9-7-18)23(24)10-11-23)25-12-14-26(15-13-25)21(27)28-22(3,4)5/h6-9,17,20H,10-16,24H2,1-5H3. The topological polar surface area (TPSA) is 58.8 Å². The average Bonchev–Trinajstić information content (AvgIpc) is 3.37. The Kier molecular flexibility index (Phi) is 6.06. The molecule has 2 N–H and O–H groups in total. The van der Waals surface area contributed by atoms with Crippen LogP contribution in [0, 0.1) is 5.92 Å². The van der Waals surface area contributed by atoms with Crippen LogP contribution in [0.25, 0.3) is 0 Å². The zero-order valence-electron chi connectivity index (χ0n) is 18.2. The first kappa shape index (κ1) is 21.1. The van der Waals surface area contributed by atoms with Gasteiger partial charge < -0.3 is 15.4 Å². The van der Waals surface area contributed by atoms with Crippen LogP contribution in [-0.4, -0.2) is 47.7 Å². The third kappa shape index (κ3) is 5.26. The minimum atomic E-state index is -0.446. The monoisotopic (exact) mass is 387 g/mol. The number of piperazine rings is 1. The highest BCUT2D eigenvalue weighted by Crippen LogP contribution is 2.43. The molecule has 0 radical (unpaired) electrons. The molecule has 28 heavy (non-hydrogen) atoms. The lowest BCUT2D eigenvalue weighted by Crippen LogP contribution is -2.51. The molecule has 1 aliphatic carbocycles. The van der Waals surface area contributed by atoms with Gasteiger partial charge in [0.2, 0.25) is 0 Å². The summed E-state index contributed by atoms with van der Waals surface area (Å²) in [6.45, 7) is 13.5. The van der Waals surface area contributed by atoms with Crippen LogP contribution in [0.3, 0.4) is 0 Å². The number of hydrogen-bond donors (Lipinski definition) is 1. The van der Waals surface area contributed by atoms with E-state index in [-0.39, 0.29) is 11.6 Å². The summed E-state index contributed by atoms with van der Waals surface area (Å²) in [6.07, 6.45) is 3.09. The average molecular weight is 388 g/mol. The fourth-order valence-electron chi connectivity index (χ4n) is 3.95. The van der Waals surface area contributed by atoms with Crippen molar-refractivity contribution >= 4 is 6.09 Å². The van der Waals surface area contributed by atoms with Gasteiger partial charge in [0, 0.05) is 37.8 Å². The van der Waals surface area contributed by atoms with E-state index >= 15 is 0 Å². The molecule has 156 valence electrons. The van der Waals surface area contributed by atoms with E-state index in [2.05, 4.69) is 43.0 Å². The molecule has 1 aliphatic heterocycles. The number of ether oxygens (including phenoxy) is 1. The highest BCUT2D eigenvalue weighted by Gasteiger charge is 2.40. The maximum absolute atomic E-state index is 12.3. The minimum Gasteiger partial charge on any atom is -0.444 e. The number of carbonyl (C=O) groups excluding carboxylic acids is 1. The first-order chi connectivity index (χ1) is 13.1. The second-order valence-corrected chi connectivity index (χ2v) is 9.93. The first-order valence-electron chi connectivity index (χ1n) is 10.7.